The maximum atomic E-state index is 9.50. The van der Waals surface area contributed by atoms with E-state index < -0.39 is 6.29 Å². The van der Waals surface area contributed by atoms with Crippen LogP contribution in [0.15, 0.2) is 60.9 Å². The van der Waals surface area contributed by atoms with Gasteiger partial charge in [-0.15, -0.1) is 0 Å². The van der Waals surface area contributed by atoms with Crippen LogP contribution >= 0.6 is 0 Å². The van der Waals surface area contributed by atoms with Crippen molar-refractivity contribution >= 4 is 17.1 Å². The van der Waals surface area contributed by atoms with E-state index in [0.717, 1.165) is 16.9 Å². The van der Waals surface area contributed by atoms with Crippen molar-refractivity contribution in [2.75, 3.05) is 23.8 Å². The van der Waals surface area contributed by atoms with Gasteiger partial charge in [-0.2, -0.15) is 0 Å². The molecule has 6 nitrogen and oxygen atoms in total. The molecule has 29 heavy (non-hydrogen) atoms. The van der Waals surface area contributed by atoms with Crippen LogP contribution in [0.5, 0.6) is 0 Å². The number of nitrogens with zero attached hydrogens (tertiary/aromatic N) is 2. The van der Waals surface area contributed by atoms with Crippen molar-refractivity contribution in [1.82, 2.24) is 4.98 Å². The summed E-state index contributed by atoms with van der Waals surface area (Å²) in [5.41, 5.74) is 6.80. The lowest BCUT2D eigenvalue weighted by atomic mass is 10.0. The van der Waals surface area contributed by atoms with Crippen LogP contribution in [0.3, 0.4) is 0 Å². The molecule has 2 heterocycles. The normalized spacial score (nSPS) is 15.4. The summed E-state index contributed by atoms with van der Waals surface area (Å²) in [4.78, 5) is 6.21. The van der Waals surface area contributed by atoms with Gasteiger partial charge in [0.2, 0.25) is 0 Å². The largest absolute Gasteiger partial charge is 0.380 e. The van der Waals surface area contributed by atoms with Gasteiger partial charge in [-0.25, -0.2) is 0 Å². The second kappa shape index (κ2) is 8.21. The maximum absolute atomic E-state index is 9.50. The second-order valence-corrected chi connectivity index (χ2v) is 7.29. The van der Waals surface area contributed by atoms with Gasteiger partial charge < -0.3 is 25.2 Å². The molecule has 0 radical (unpaired) electrons. The third-order valence-electron chi connectivity index (χ3n) is 5.33. The number of hydrogen-bond acceptors (Lipinski definition) is 6. The molecule has 2 aromatic carbocycles. The Morgan fingerprint density at radius 1 is 1.14 bits per heavy atom. The molecule has 0 bridgehead atoms. The van der Waals surface area contributed by atoms with Gasteiger partial charge in [0.1, 0.15) is 6.10 Å². The number of nitrogens with one attached hydrogen (secondary N) is 1. The van der Waals surface area contributed by atoms with Crippen molar-refractivity contribution < 1.29 is 14.9 Å². The second-order valence-electron chi connectivity index (χ2n) is 7.29. The van der Waals surface area contributed by atoms with Crippen LogP contribution in [0.1, 0.15) is 34.6 Å². The zero-order valence-corrected chi connectivity index (χ0v) is 16.5. The summed E-state index contributed by atoms with van der Waals surface area (Å²) in [6.45, 7) is 3.16. The highest BCUT2D eigenvalue weighted by Crippen LogP contribution is 2.35. The third-order valence-corrected chi connectivity index (χ3v) is 5.33. The Morgan fingerprint density at radius 3 is 2.66 bits per heavy atom. The van der Waals surface area contributed by atoms with E-state index in [2.05, 4.69) is 71.6 Å². The van der Waals surface area contributed by atoms with E-state index in [4.69, 9.17) is 4.74 Å². The van der Waals surface area contributed by atoms with Gasteiger partial charge >= 0.3 is 0 Å². The first-order valence-electron chi connectivity index (χ1n) is 9.61. The molecule has 3 aromatic rings. The number of aliphatic hydroxyl groups excluding tert-OH is 1. The third kappa shape index (κ3) is 4.10. The Morgan fingerprint density at radius 2 is 1.90 bits per heavy atom. The van der Waals surface area contributed by atoms with Gasteiger partial charge in [0.15, 0.2) is 6.29 Å². The molecular formula is C23H25N3O3. The van der Waals surface area contributed by atoms with E-state index in [1.165, 1.54) is 17.3 Å². The number of anilines is 3. The van der Waals surface area contributed by atoms with Crippen molar-refractivity contribution in [2.45, 2.75) is 25.9 Å². The molecule has 0 saturated heterocycles. The summed E-state index contributed by atoms with van der Waals surface area (Å²) >= 11 is 0. The minimum absolute atomic E-state index is 0.104. The van der Waals surface area contributed by atoms with Gasteiger partial charge in [0.05, 0.1) is 18.5 Å². The number of aromatic nitrogens is 1. The monoisotopic (exact) mass is 391 g/mol. The smallest absolute Gasteiger partial charge is 0.180 e. The molecule has 3 N–H and O–H groups in total. The molecule has 0 saturated carbocycles. The van der Waals surface area contributed by atoms with Gasteiger partial charge in [-0.3, -0.25) is 4.98 Å². The molecule has 4 rings (SSSR count). The minimum Gasteiger partial charge on any atom is -0.380 e. The molecule has 0 spiro atoms. The van der Waals surface area contributed by atoms with Crippen LogP contribution in [0, 0.1) is 6.92 Å². The average Bonchev–Trinajstić information content (AvgIpc) is 3.14. The van der Waals surface area contributed by atoms with E-state index in [-0.39, 0.29) is 6.10 Å². The standard InChI is InChI=1S/C23H25N3O3/c1-15-3-5-17(6-4-15)26(2)18-7-8-19-16(11-18)14-29-22(19)13-25-21-12-24-10-9-20(21)23(27)28/h3-12,22-23,25,27-28H,13-14H2,1-2H3/t22-/m0/s1. The maximum Gasteiger partial charge on any atom is 0.180 e. The van der Waals surface area contributed by atoms with E-state index in [1.54, 1.807) is 12.3 Å². The lowest BCUT2D eigenvalue weighted by Crippen LogP contribution is -2.14. The Kier molecular flexibility index (Phi) is 5.49. The molecule has 0 unspecified atom stereocenters. The highest BCUT2D eigenvalue weighted by atomic mass is 16.5. The van der Waals surface area contributed by atoms with Crippen LogP contribution in [-0.4, -0.2) is 28.8 Å². The topological polar surface area (TPSA) is 77.9 Å². The molecule has 1 aromatic heterocycles. The van der Waals surface area contributed by atoms with Crippen LogP contribution in [0.4, 0.5) is 17.1 Å². The van der Waals surface area contributed by atoms with E-state index in [0.29, 0.717) is 24.4 Å². The molecule has 0 amide bonds. The van der Waals surface area contributed by atoms with Gasteiger partial charge in [0, 0.05) is 36.7 Å². The van der Waals surface area contributed by atoms with Crippen molar-refractivity contribution in [3.63, 3.8) is 0 Å². The van der Waals surface area contributed by atoms with Crippen LogP contribution < -0.4 is 10.2 Å². The van der Waals surface area contributed by atoms with E-state index >= 15 is 0 Å². The fourth-order valence-corrected chi connectivity index (χ4v) is 3.59. The number of ether oxygens (including phenoxy) is 1. The predicted octanol–water partition coefficient (Wildman–Crippen LogP) is 3.82. The lowest BCUT2D eigenvalue weighted by molar-refractivity contribution is -0.0420. The minimum atomic E-state index is -1.54. The van der Waals surface area contributed by atoms with Crippen molar-refractivity contribution in [1.29, 1.82) is 0 Å². The number of pyridine rings is 1. The number of rotatable bonds is 6. The summed E-state index contributed by atoms with van der Waals surface area (Å²) in [6, 6.07) is 16.4. The Labute approximate surface area is 170 Å². The fourth-order valence-electron chi connectivity index (χ4n) is 3.59. The SMILES string of the molecule is Cc1ccc(N(C)c2ccc3c(c2)CO[C@H]3CNc2cnccc2C(O)O)cc1. The summed E-state index contributed by atoms with van der Waals surface area (Å²) < 4.78 is 5.98. The van der Waals surface area contributed by atoms with Crippen molar-refractivity contribution in [3.05, 3.63) is 83.2 Å². The van der Waals surface area contributed by atoms with Gasteiger partial charge in [-0.05, 0) is 48.4 Å². The van der Waals surface area contributed by atoms with Gasteiger partial charge in [0.25, 0.3) is 0 Å². The van der Waals surface area contributed by atoms with Gasteiger partial charge in [-0.1, -0.05) is 23.8 Å². The Balaban J connectivity index is 1.48. The highest BCUT2D eigenvalue weighted by molar-refractivity contribution is 5.64. The molecule has 1 aliphatic rings. The zero-order valence-electron chi connectivity index (χ0n) is 16.5. The highest BCUT2D eigenvalue weighted by Gasteiger charge is 2.24. The van der Waals surface area contributed by atoms with Crippen LogP contribution in [0.25, 0.3) is 0 Å². The summed E-state index contributed by atoms with van der Waals surface area (Å²) in [6.07, 6.45) is 1.47. The molecule has 6 heteroatoms. The molecule has 1 aliphatic heterocycles. The average molecular weight is 391 g/mol. The van der Waals surface area contributed by atoms with Crippen LogP contribution in [0.2, 0.25) is 0 Å². The van der Waals surface area contributed by atoms with Crippen molar-refractivity contribution in [2.24, 2.45) is 0 Å². The number of benzene rings is 2. The quantitative estimate of drug-likeness (QED) is 0.555. The molecule has 1 atom stereocenters. The summed E-state index contributed by atoms with van der Waals surface area (Å²) in [7, 11) is 2.06. The number of aryl methyl sites for hydroxylation is 1. The molecule has 150 valence electrons. The van der Waals surface area contributed by atoms with Crippen LogP contribution in [-0.2, 0) is 11.3 Å². The first kappa shape index (κ1) is 19.4. The predicted molar refractivity (Wildman–Crippen MR) is 113 cm³/mol. The zero-order chi connectivity index (χ0) is 20.4. The first-order valence-corrected chi connectivity index (χ1v) is 9.61. The van der Waals surface area contributed by atoms with Crippen molar-refractivity contribution in [3.8, 4) is 0 Å². The van der Waals surface area contributed by atoms with E-state index in [9.17, 15) is 10.2 Å². The molecular weight excluding hydrogens is 366 g/mol. The first-order chi connectivity index (χ1) is 14.0. The lowest BCUT2D eigenvalue weighted by Gasteiger charge is -2.21. The number of aliphatic hydroxyl groups is 2. The molecule has 0 fully saturated rings. The fraction of sp³-hybridized carbons (Fsp3) is 0.261. The summed E-state index contributed by atoms with van der Waals surface area (Å²) in [5.74, 6) is 0. The summed E-state index contributed by atoms with van der Waals surface area (Å²) in [5, 5.41) is 22.2. The number of fused-ring (bicyclic) bond motifs is 1. The Hall–Kier alpha value is -2.93. The number of hydrogen-bond donors (Lipinski definition) is 3. The Bertz CT molecular complexity index is 989. The van der Waals surface area contributed by atoms with E-state index in [1.807, 2.05) is 0 Å². The molecule has 0 aliphatic carbocycles.